The summed E-state index contributed by atoms with van der Waals surface area (Å²) in [5, 5.41) is 0. The monoisotopic (exact) mass is 574 g/mol. The molecule has 5 rings (SSSR count). The standard InChI is InChI=1S/C30H36N4O4S.C2H2/c1-5-22-8-12-25(13-9-22)39(36,37)32-27-19-30(3,4)38-28-26(27)18-23(20-31-28)29(35)34-16-14-33(15-17-34)24-10-6-21(2)7-11-24;1-2/h6-13,18,20,27,32H,5,14-17,19H2,1-4H3;1-2H/t27-;/m0./s1. The van der Waals surface area contributed by atoms with Crippen LogP contribution in [0, 0.1) is 19.8 Å². The molecule has 0 radical (unpaired) electrons. The summed E-state index contributed by atoms with van der Waals surface area (Å²) in [7, 11) is -3.80. The van der Waals surface area contributed by atoms with Crippen molar-refractivity contribution in [1.29, 1.82) is 0 Å². The van der Waals surface area contributed by atoms with E-state index in [4.69, 9.17) is 4.74 Å². The molecular formula is C32H38N4O4S. The molecule has 3 aromatic rings. The number of nitrogens with one attached hydrogen (secondary N) is 1. The highest BCUT2D eigenvalue weighted by atomic mass is 32.2. The molecule has 1 saturated heterocycles. The van der Waals surface area contributed by atoms with Crippen molar-refractivity contribution in [2.75, 3.05) is 31.1 Å². The fourth-order valence-corrected chi connectivity index (χ4v) is 6.41. The average molecular weight is 575 g/mol. The van der Waals surface area contributed by atoms with Gasteiger partial charge in [-0.05, 0) is 63.1 Å². The van der Waals surface area contributed by atoms with Gasteiger partial charge in [0, 0.05) is 50.0 Å². The number of hydrogen-bond donors (Lipinski definition) is 1. The Kier molecular flexibility index (Phi) is 9.05. The first kappa shape index (κ1) is 30.1. The number of carbonyl (C=O) groups is 1. The predicted octanol–water partition coefficient (Wildman–Crippen LogP) is 4.74. The van der Waals surface area contributed by atoms with Gasteiger partial charge in [-0.25, -0.2) is 18.1 Å². The second-order valence-corrected chi connectivity index (χ2v) is 12.7. The highest BCUT2D eigenvalue weighted by Gasteiger charge is 2.38. The number of hydrogen-bond acceptors (Lipinski definition) is 6. The summed E-state index contributed by atoms with van der Waals surface area (Å²) in [5.41, 5.74) is 3.82. The van der Waals surface area contributed by atoms with E-state index in [-0.39, 0.29) is 10.8 Å². The number of rotatable bonds is 6. The van der Waals surface area contributed by atoms with Crippen molar-refractivity contribution in [1.82, 2.24) is 14.6 Å². The van der Waals surface area contributed by atoms with E-state index < -0.39 is 21.7 Å². The Hall–Kier alpha value is -3.87. The molecule has 1 atom stereocenters. The summed E-state index contributed by atoms with van der Waals surface area (Å²) in [5.74, 6) is 0.233. The van der Waals surface area contributed by atoms with Gasteiger partial charge in [0.25, 0.3) is 5.91 Å². The number of amides is 1. The van der Waals surface area contributed by atoms with Crippen LogP contribution in [0.5, 0.6) is 5.88 Å². The van der Waals surface area contributed by atoms with Crippen molar-refractivity contribution in [3.05, 3.63) is 83.0 Å². The van der Waals surface area contributed by atoms with Crippen molar-refractivity contribution < 1.29 is 17.9 Å². The van der Waals surface area contributed by atoms with Gasteiger partial charge in [-0.2, -0.15) is 0 Å². The lowest BCUT2D eigenvalue weighted by atomic mass is 9.91. The molecule has 0 spiro atoms. The summed E-state index contributed by atoms with van der Waals surface area (Å²) >= 11 is 0. The summed E-state index contributed by atoms with van der Waals surface area (Å²) in [6.45, 7) is 10.6. The minimum atomic E-state index is -3.80. The Labute approximate surface area is 243 Å². The lowest BCUT2D eigenvalue weighted by Gasteiger charge is -2.38. The number of pyridine rings is 1. The topological polar surface area (TPSA) is 91.8 Å². The lowest BCUT2D eigenvalue weighted by molar-refractivity contribution is 0.0637. The van der Waals surface area contributed by atoms with Gasteiger partial charge < -0.3 is 14.5 Å². The quantitative estimate of drug-likeness (QED) is 0.428. The number of anilines is 1. The molecule has 216 valence electrons. The number of sulfonamides is 1. The fraction of sp³-hybridized carbons (Fsp3) is 0.375. The van der Waals surface area contributed by atoms with Gasteiger partial charge in [-0.15, -0.1) is 12.8 Å². The zero-order chi connectivity index (χ0) is 29.8. The Bertz CT molecular complexity index is 1490. The molecule has 0 unspecified atom stereocenters. The Morgan fingerprint density at radius 1 is 1.05 bits per heavy atom. The van der Waals surface area contributed by atoms with Crippen LogP contribution in [-0.2, 0) is 16.4 Å². The van der Waals surface area contributed by atoms with Gasteiger partial charge in [0.2, 0.25) is 15.9 Å². The van der Waals surface area contributed by atoms with E-state index in [0.717, 1.165) is 30.8 Å². The molecule has 8 nitrogen and oxygen atoms in total. The van der Waals surface area contributed by atoms with E-state index in [9.17, 15) is 13.2 Å². The zero-order valence-corrected chi connectivity index (χ0v) is 24.9. The van der Waals surface area contributed by atoms with E-state index in [0.29, 0.717) is 36.5 Å². The van der Waals surface area contributed by atoms with Crippen molar-refractivity contribution in [2.45, 2.75) is 57.1 Å². The lowest BCUT2D eigenvalue weighted by Crippen LogP contribution is -2.49. The maximum atomic E-state index is 13.5. The molecule has 9 heteroatoms. The second kappa shape index (κ2) is 12.3. The third-order valence-electron chi connectivity index (χ3n) is 7.48. The maximum absolute atomic E-state index is 13.5. The summed E-state index contributed by atoms with van der Waals surface area (Å²) in [4.78, 5) is 22.2. The minimum absolute atomic E-state index is 0.115. The number of carbonyl (C=O) groups excluding carboxylic acids is 1. The highest BCUT2D eigenvalue weighted by Crippen LogP contribution is 2.39. The number of nitrogens with zero attached hydrogens (tertiary/aromatic N) is 3. The SMILES string of the molecule is C#C.CCc1ccc(S(=O)(=O)N[C@H]2CC(C)(C)Oc3ncc(C(=O)N4CCN(c5ccc(C)cc5)CC4)cc32)cc1. The van der Waals surface area contributed by atoms with E-state index in [1.807, 2.05) is 37.8 Å². The third kappa shape index (κ3) is 6.89. The minimum Gasteiger partial charge on any atom is -0.471 e. The van der Waals surface area contributed by atoms with E-state index in [1.165, 1.54) is 11.8 Å². The van der Waals surface area contributed by atoms with Crippen LogP contribution in [0.25, 0.3) is 0 Å². The zero-order valence-electron chi connectivity index (χ0n) is 24.1. The first-order valence-electron chi connectivity index (χ1n) is 13.8. The van der Waals surface area contributed by atoms with Gasteiger partial charge in [0.15, 0.2) is 0 Å². The molecule has 41 heavy (non-hydrogen) atoms. The first-order chi connectivity index (χ1) is 19.5. The summed E-state index contributed by atoms with van der Waals surface area (Å²) in [6, 6.07) is 16.5. The van der Waals surface area contributed by atoms with Gasteiger partial charge in [-0.1, -0.05) is 36.8 Å². The van der Waals surface area contributed by atoms with Crippen molar-refractivity contribution >= 4 is 21.6 Å². The fourth-order valence-electron chi connectivity index (χ4n) is 5.20. The molecule has 0 bridgehead atoms. The molecule has 1 amide bonds. The molecule has 2 aliphatic heterocycles. The first-order valence-corrected chi connectivity index (χ1v) is 15.3. The largest absolute Gasteiger partial charge is 0.471 e. The van der Waals surface area contributed by atoms with Crippen LogP contribution >= 0.6 is 0 Å². The number of aromatic nitrogens is 1. The van der Waals surface area contributed by atoms with Crippen LogP contribution in [0.1, 0.15) is 60.3 Å². The molecule has 1 N–H and O–H groups in total. The Balaban J connectivity index is 0.00000189. The molecule has 0 saturated carbocycles. The number of terminal acetylenes is 1. The third-order valence-corrected chi connectivity index (χ3v) is 8.96. The van der Waals surface area contributed by atoms with Gasteiger partial charge >= 0.3 is 0 Å². The highest BCUT2D eigenvalue weighted by molar-refractivity contribution is 7.89. The molecule has 0 aliphatic carbocycles. The van der Waals surface area contributed by atoms with Crippen LogP contribution in [-0.4, -0.2) is 56.0 Å². The Morgan fingerprint density at radius 3 is 2.29 bits per heavy atom. The van der Waals surface area contributed by atoms with Gasteiger partial charge in [0.1, 0.15) is 5.60 Å². The van der Waals surface area contributed by atoms with Crippen LogP contribution in [0.2, 0.25) is 0 Å². The molecule has 3 heterocycles. The van der Waals surface area contributed by atoms with E-state index in [2.05, 4.69) is 58.6 Å². The number of fused-ring (bicyclic) bond motifs is 1. The normalized spacial score (nSPS) is 18.0. The number of ether oxygens (including phenoxy) is 1. The molecule has 1 fully saturated rings. The molecule has 1 aromatic heterocycles. The summed E-state index contributed by atoms with van der Waals surface area (Å²) < 4.78 is 35.5. The predicted molar refractivity (Wildman–Crippen MR) is 162 cm³/mol. The van der Waals surface area contributed by atoms with Crippen molar-refractivity contribution in [2.24, 2.45) is 0 Å². The van der Waals surface area contributed by atoms with Crippen LogP contribution in [0.3, 0.4) is 0 Å². The molecule has 2 aromatic carbocycles. The van der Waals surface area contributed by atoms with E-state index in [1.54, 1.807) is 18.2 Å². The van der Waals surface area contributed by atoms with Crippen LogP contribution in [0.4, 0.5) is 5.69 Å². The molecular weight excluding hydrogens is 536 g/mol. The summed E-state index contributed by atoms with van der Waals surface area (Å²) in [6.07, 6.45) is 10.8. The van der Waals surface area contributed by atoms with E-state index >= 15 is 0 Å². The molecule has 2 aliphatic rings. The van der Waals surface area contributed by atoms with Crippen molar-refractivity contribution in [3.8, 4) is 18.7 Å². The number of piperazine rings is 1. The van der Waals surface area contributed by atoms with Gasteiger partial charge in [0.05, 0.1) is 16.5 Å². The number of aryl methyl sites for hydroxylation is 2. The van der Waals surface area contributed by atoms with Crippen molar-refractivity contribution in [3.63, 3.8) is 0 Å². The maximum Gasteiger partial charge on any atom is 0.255 e. The number of benzene rings is 2. The second-order valence-electron chi connectivity index (χ2n) is 11.0. The van der Waals surface area contributed by atoms with Crippen LogP contribution in [0.15, 0.2) is 65.7 Å². The Morgan fingerprint density at radius 2 is 1.68 bits per heavy atom. The smallest absolute Gasteiger partial charge is 0.255 e. The van der Waals surface area contributed by atoms with Crippen LogP contribution < -0.4 is 14.4 Å². The van der Waals surface area contributed by atoms with Gasteiger partial charge in [-0.3, -0.25) is 4.79 Å². The average Bonchev–Trinajstić information content (AvgIpc) is 2.97.